The fraction of sp³-hybridized carbons (Fsp3) is 0.833. The molecular formula is C12H27NO3Si. The number of nitrogens with two attached hydrogens (primary N) is 1. The van der Waals surface area contributed by atoms with Gasteiger partial charge in [0.25, 0.3) is 0 Å². The highest BCUT2D eigenvalue weighted by Crippen LogP contribution is 2.20. The molecule has 0 bridgehead atoms. The molecule has 0 aromatic heterocycles. The van der Waals surface area contributed by atoms with Gasteiger partial charge in [-0.05, 0) is 40.0 Å². The minimum atomic E-state index is -2.57. The molecule has 0 amide bonds. The summed E-state index contributed by atoms with van der Waals surface area (Å²) in [6, 6.07) is 0.823. The maximum absolute atomic E-state index is 5.75. The third-order valence-electron chi connectivity index (χ3n) is 2.24. The van der Waals surface area contributed by atoms with Crippen molar-refractivity contribution in [2.45, 2.75) is 52.3 Å². The van der Waals surface area contributed by atoms with Crippen LogP contribution >= 0.6 is 0 Å². The van der Waals surface area contributed by atoms with Crippen molar-refractivity contribution < 1.29 is 13.3 Å². The van der Waals surface area contributed by atoms with Gasteiger partial charge in [-0.3, -0.25) is 0 Å². The zero-order chi connectivity index (χ0) is 13.1. The molecule has 0 aliphatic rings. The first-order chi connectivity index (χ1) is 8.10. The van der Waals surface area contributed by atoms with Crippen LogP contribution in [-0.4, -0.2) is 28.2 Å². The summed E-state index contributed by atoms with van der Waals surface area (Å²) >= 11 is 0. The van der Waals surface area contributed by atoms with E-state index in [1.165, 1.54) is 0 Å². The standard InChI is InChI=1S/C12H27NO3Si/c1-5-8-9-10-11-17(14-6-2,15-7-3)16-12(4)13/h5,12H,1,6-11,13H2,2-4H3. The van der Waals surface area contributed by atoms with Crippen molar-refractivity contribution in [1.82, 2.24) is 0 Å². The van der Waals surface area contributed by atoms with Crippen molar-refractivity contribution in [1.29, 1.82) is 0 Å². The number of rotatable bonds is 11. The second-order valence-corrected chi connectivity index (χ2v) is 6.59. The molecular weight excluding hydrogens is 234 g/mol. The van der Waals surface area contributed by atoms with E-state index >= 15 is 0 Å². The molecule has 17 heavy (non-hydrogen) atoms. The SMILES string of the molecule is C=CCCCC[Si](OCC)(OCC)OC(C)N. The van der Waals surface area contributed by atoms with E-state index in [9.17, 15) is 0 Å². The Labute approximate surface area is 106 Å². The monoisotopic (exact) mass is 261 g/mol. The van der Waals surface area contributed by atoms with E-state index in [1.54, 1.807) is 0 Å². The summed E-state index contributed by atoms with van der Waals surface area (Å²) in [5, 5.41) is 0. The van der Waals surface area contributed by atoms with Crippen LogP contribution in [0, 0.1) is 0 Å². The Bertz CT molecular complexity index is 194. The van der Waals surface area contributed by atoms with Crippen LogP contribution in [0.5, 0.6) is 0 Å². The van der Waals surface area contributed by atoms with Gasteiger partial charge in [0.05, 0.1) is 6.23 Å². The van der Waals surface area contributed by atoms with Gasteiger partial charge in [-0.2, -0.15) is 0 Å². The molecule has 0 aliphatic heterocycles. The number of hydrogen-bond acceptors (Lipinski definition) is 4. The Balaban J connectivity index is 4.35. The quantitative estimate of drug-likeness (QED) is 0.269. The summed E-state index contributed by atoms with van der Waals surface area (Å²) in [5.74, 6) is 0. The fourth-order valence-corrected chi connectivity index (χ4v) is 4.42. The smallest absolute Gasteiger partial charge is 0.374 e. The first-order valence-corrected chi connectivity index (χ1v) is 8.35. The Hall–Kier alpha value is -0.203. The van der Waals surface area contributed by atoms with Gasteiger partial charge < -0.3 is 19.0 Å². The molecule has 2 N–H and O–H groups in total. The van der Waals surface area contributed by atoms with E-state index in [1.807, 2.05) is 26.8 Å². The number of unbranched alkanes of at least 4 members (excludes halogenated alkanes) is 2. The van der Waals surface area contributed by atoms with Crippen molar-refractivity contribution >= 4 is 8.80 Å². The third kappa shape index (κ3) is 7.67. The van der Waals surface area contributed by atoms with Gasteiger partial charge in [0.1, 0.15) is 0 Å². The topological polar surface area (TPSA) is 53.7 Å². The molecule has 0 fully saturated rings. The molecule has 0 aromatic rings. The molecule has 0 aromatic carbocycles. The zero-order valence-corrected chi connectivity index (χ0v) is 12.4. The molecule has 0 radical (unpaired) electrons. The van der Waals surface area contributed by atoms with Crippen molar-refractivity contribution in [2.75, 3.05) is 13.2 Å². The first kappa shape index (κ1) is 16.8. The predicted octanol–water partition coefficient (Wildman–Crippen LogP) is 2.68. The molecule has 0 aliphatic carbocycles. The number of hydrogen-bond donors (Lipinski definition) is 1. The predicted molar refractivity (Wildman–Crippen MR) is 72.6 cm³/mol. The van der Waals surface area contributed by atoms with Gasteiger partial charge in [-0.15, -0.1) is 6.58 Å². The maximum Gasteiger partial charge on any atom is 0.502 e. The van der Waals surface area contributed by atoms with Gasteiger partial charge in [-0.25, -0.2) is 0 Å². The van der Waals surface area contributed by atoms with E-state index in [2.05, 4.69) is 6.58 Å². The van der Waals surface area contributed by atoms with Crippen LogP contribution in [0.3, 0.4) is 0 Å². The minimum absolute atomic E-state index is 0.348. The Morgan fingerprint density at radius 1 is 1.24 bits per heavy atom. The second kappa shape index (κ2) is 9.79. The maximum atomic E-state index is 5.75. The normalized spacial score (nSPS) is 13.6. The van der Waals surface area contributed by atoms with E-state index in [-0.39, 0.29) is 6.23 Å². The van der Waals surface area contributed by atoms with E-state index in [0.29, 0.717) is 13.2 Å². The van der Waals surface area contributed by atoms with Crippen LogP contribution in [0.4, 0.5) is 0 Å². The van der Waals surface area contributed by atoms with Crippen LogP contribution in [-0.2, 0) is 13.3 Å². The molecule has 0 saturated carbocycles. The van der Waals surface area contributed by atoms with E-state index in [0.717, 1.165) is 25.3 Å². The van der Waals surface area contributed by atoms with Gasteiger partial charge >= 0.3 is 8.80 Å². The summed E-state index contributed by atoms with van der Waals surface area (Å²) in [6.07, 6.45) is 4.70. The van der Waals surface area contributed by atoms with Crippen LogP contribution in [0.1, 0.15) is 40.0 Å². The van der Waals surface area contributed by atoms with Crippen molar-refractivity contribution in [3.8, 4) is 0 Å². The van der Waals surface area contributed by atoms with Gasteiger partial charge in [0.15, 0.2) is 0 Å². The summed E-state index contributed by atoms with van der Waals surface area (Å²) in [6.45, 7) is 10.6. The molecule has 4 nitrogen and oxygen atoms in total. The molecule has 0 heterocycles. The Morgan fingerprint density at radius 2 is 1.82 bits per heavy atom. The highest BCUT2D eigenvalue weighted by atomic mass is 28.4. The fourth-order valence-electron chi connectivity index (χ4n) is 1.67. The summed E-state index contributed by atoms with van der Waals surface area (Å²) < 4.78 is 17.2. The molecule has 102 valence electrons. The molecule has 1 unspecified atom stereocenters. The average molecular weight is 261 g/mol. The Kier molecular flexibility index (Phi) is 9.67. The Morgan fingerprint density at radius 3 is 2.24 bits per heavy atom. The zero-order valence-electron chi connectivity index (χ0n) is 11.4. The van der Waals surface area contributed by atoms with Crippen molar-refractivity contribution in [3.63, 3.8) is 0 Å². The van der Waals surface area contributed by atoms with E-state index in [4.69, 9.17) is 19.0 Å². The average Bonchev–Trinajstić information content (AvgIpc) is 2.24. The minimum Gasteiger partial charge on any atom is -0.374 e. The van der Waals surface area contributed by atoms with Gasteiger partial charge in [0.2, 0.25) is 0 Å². The lowest BCUT2D eigenvalue weighted by Gasteiger charge is -2.30. The number of allylic oxidation sites excluding steroid dienone is 1. The first-order valence-electron chi connectivity index (χ1n) is 6.42. The van der Waals surface area contributed by atoms with E-state index < -0.39 is 8.80 Å². The van der Waals surface area contributed by atoms with Crippen LogP contribution < -0.4 is 5.73 Å². The highest BCUT2D eigenvalue weighted by Gasteiger charge is 2.41. The lowest BCUT2D eigenvalue weighted by Crippen LogP contribution is -2.49. The molecule has 0 rings (SSSR count). The van der Waals surface area contributed by atoms with Crippen molar-refractivity contribution in [3.05, 3.63) is 12.7 Å². The summed E-state index contributed by atoms with van der Waals surface area (Å²) in [7, 11) is -2.57. The van der Waals surface area contributed by atoms with Crippen LogP contribution in [0.2, 0.25) is 6.04 Å². The summed E-state index contributed by atoms with van der Waals surface area (Å²) in [4.78, 5) is 0. The molecule has 0 saturated heterocycles. The molecule has 1 atom stereocenters. The van der Waals surface area contributed by atoms with Crippen LogP contribution in [0.25, 0.3) is 0 Å². The van der Waals surface area contributed by atoms with Crippen molar-refractivity contribution in [2.24, 2.45) is 5.73 Å². The van der Waals surface area contributed by atoms with Gasteiger partial charge in [-0.1, -0.05) is 6.08 Å². The highest BCUT2D eigenvalue weighted by molar-refractivity contribution is 6.60. The largest absolute Gasteiger partial charge is 0.502 e. The third-order valence-corrected chi connectivity index (χ3v) is 5.39. The second-order valence-electron chi connectivity index (χ2n) is 3.91. The summed E-state index contributed by atoms with van der Waals surface area (Å²) in [5.41, 5.74) is 5.71. The lowest BCUT2D eigenvalue weighted by atomic mass is 10.2. The molecule has 0 spiro atoms. The lowest BCUT2D eigenvalue weighted by molar-refractivity contribution is 0.0400. The molecule has 5 heteroatoms. The van der Waals surface area contributed by atoms with Gasteiger partial charge in [0, 0.05) is 19.3 Å². The van der Waals surface area contributed by atoms with Crippen LogP contribution in [0.15, 0.2) is 12.7 Å².